The van der Waals surface area contributed by atoms with Crippen molar-refractivity contribution in [2.75, 3.05) is 19.6 Å². The number of halogens is 5. The Bertz CT molecular complexity index is 305. The standard InChI is InChI=1S/C10H14F5NO2/c11-9(12)2-1-7(3-9)4-16(5-8(17)18)6-10(13,14)15/h7H,1-6H2,(H,17,18). The number of hydrogen-bond acceptors (Lipinski definition) is 2. The summed E-state index contributed by atoms with van der Waals surface area (Å²) in [7, 11) is 0. The van der Waals surface area contributed by atoms with Gasteiger partial charge < -0.3 is 5.11 Å². The van der Waals surface area contributed by atoms with Crippen molar-refractivity contribution in [2.45, 2.75) is 31.4 Å². The summed E-state index contributed by atoms with van der Waals surface area (Å²) in [6.45, 7) is -2.44. The molecule has 1 rings (SSSR count). The minimum Gasteiger partial charge on any atom is -0.480 e. The molecule has 0 heterocycles. The maximum absolute atomic E-state index is 12.9. The molecule has 1 fully saturated rings. The summed E-state index contributed by atoms with van der Waals surface area (Å²) in [5.41, 5.74) is 0. The van der Waals surface area contributed by atoms with E-state index >= 15 is 0 Å². The lowest BCUT2D eigenvalue weighted by Crippen LogP contribution is -2.40. The molecule has 1 aliphatic rings. The van der Waals surface area contributed by atoms with E-state index < -0.39 is 43.5 Å². The lowest BCUT2D eigenvalue weighted by molar-refractivity contribution is -0.155. The van der Waals surface area contributed by atoms with E-state index in [4.69, 9.17) is 5.11 Å². The van der Waals surface area contributed by atoms with Gasteiger partial charge in [0.15, 0.2) is 0 Å². The highest BCUT2D eigenvalue weighted by molar-refractivity contribution is 5.69. The van der Waals surface area contributed by atoms with Crippen molar-refractivity contribution < 1.29 is 31.9 Å². The molecule has 1 atom stereocenters. The van der Waals surface area contributed by atoms with Gasteiger partial charge in [0.25, 0.3) is 0 Å². The monoisotopic (exact) mass is 275 g/mol. The van der Waals surface area contributed by atoms with Gasteiger partial charge in [-0.15, -0.1) is 0 Å². The van der Waals surface area contributed by atoms with Crippen LogP contribution in [0.25, 0.3) is 0 Å². The number of aliphatic carboxylic acids is 1. The molecule has 18 heavy (non-hydrogen) atoms. The molecule has 1 unspecified atom stereocenters. The molecule has 3 nitrogen and oxygen atoms in total. The second-order valence-electron chi connectivity index (χ2n) is 4.64. The van der Waals surface area contributed by atoms with Gasteiger partial charge >= 0.3 is 12.1 Å². The van der Waals surface area contributed by atoms with Crippen LogP contribution >= 0.6 is 0 Å². The Balaban J connectivity index is 2.53. The number of alkyl halides is 5. The van der Waals surface area contributed by atoms with Crippen molar-refractivity contribution >= 4 is 5.97 Å². The molecule has 0 amide bonds. The van der Waals surface area contributed by atoms with Crippen LogP contribution in [0.2, 0.25) is 0 Å². The van der Waals surface area contributed by atoms with E-state index in [9.17, 15) is 26.7 Å². The zero-order valence-electron chi connectivity index (χ0n) is 9.51. The van der Waals surface area contributed by atoms with Gasteiger partial charge in [-0.05, 0) is 12.3 Å². The van der Waals surface area contributed by atoms with Crippen LogP contribution in [0.3, 0.4) is 0 Å². The van der Waals surface area contributed by atoms with Gasteiger partial charge in [0.05, 0.1) is 13.1 Å². The molecule has 8 heteroatoms. The van der Waals surface area contributed by atoms with Gasteiger partial charge in [0, 0.05) is 19.4 Å². The Morgan fingerprint density at radius 1 is 1.39 bits per heavy atom. The van der Waals surface area contributed by atoms with Gasteiger partial charge in [0.1, 0.15) is 0 Å². The Kier molecular flexibility index (Phi) is 4.52. The molecule has 0 aromatic heterocycles. The van der Waals surface area contributed by atoms with Crippen molar-refractivity contribution in [1.29, 1.82) is 0 Å². The second-order valence-corrected chi connectivity index (χ2v) is 4.64. The van der Waals surface area contributed by atoms with E-state index in [1.165, 1.54) is 0 Å². The van der Waals surface area contributed by atoms with Crippen LogP contribution in [0.5, 0.6) is 0 Å². The summed E-state index contributed by atoms with van der Waals surface area (Å²) >= 11 is 0. The number of hydrogen-bond donors (Lipinski definition) is 1. The van der Waals surface area contributed by atoms with E-state index in [2.05, 4.69) is 0 Å². The highest BCUT2D eigenvalue weighted by Gasteiger charge is 2.41. The van der Waals surface area contributed by atoms with E-state index in [1.54, 1.807) is 0 Å². The Morgan fingerprint density at radius 3 is 2.39 bits per heavy atom. The SMILES string of the molecule is O=C(O)CN(CC1CCC(F)(F)C1)CC(F)(F)F. The second kappa shape index (κ2) is 5.38. The van der Waals surface area contributed by atoms with Gasteiger partial charge in [-0.2, -0.15) is 13.2 Å². The van der Waals surface area contributed by atoms with E-state index in [1.807, 2.05) is 0 Å². The van der Waals surface area contributed by atoms with E-state index in [-0.39, 0.29) is 19.4 Å². The molecule has 0 saturated heterocycles. The Hall–Kier alpha value is -0.920. The lowest BCUT2D eigenvalue weighted by atomic mass is 10.1. The molecular weight excluding hydrogens is 261 g/mol. The molecule has 0 spiro atoms. The van der Waals surface area contributed by atoms with E-state index in [0.717, 1.165) is 0 Å². The normalized spacial score (nSPS) is 23.6. The first-order valence-electron chi connectivity index (χ1n) is 5.46. The largest absolute Gasteiger partial charge is 0.480 e. The fourth-order valence-electron chi connectivity index (χ4n) is 2.19. The number of rotatable bonds is 5. The van der Waals surface area contributed by atoms with Gasteiger partial charge in [-0.3, -0.25) is 9.69 Å². The predicted molar refractivity (Wildman–Crippen MR) is 52.4 cm³/mol. The highest BCUT2D eigenvalue weighted by atomic mass is 19.4. The summed E-state index contributed by atoms with van der Waals surface area (Å²) < 4.78 is 62.4. The molecule has 1 aliphatic carbocycles. The maximum atomic E-state index is 12.9. The topological polar surface area (TPSA) is 40.5 Å². The summed E-state index contributed by atoms with van der Waals surface area (Å²) in [4.78, 5) is 11.1. The first-order chi connectivity index (χ1) is 8.07. The summed E-state index contributed by atoms with van der Waals surface area (Å²) in [5, 5.41) is 8.50. The minimum atomic E-state index is -4.53. The minimum absolute atomic E-state index is 0.126. The smallest absolute Gasteiger partial charge is 0.401 e. The molecule has 1 N–H and O–H groups in total. The third-order valence-electron chi connectivity index (χ3n) is 2.78. The molecule has 0 aromatic rings. The lowest BCUT2D eigenvalue weighted by Gasteiger charge is -2.24. The predicted octanol–water partition coefficient (Wildman–Crippen LogP) is 2.37. The average molecular weight is 275 g/mol. The Labute approximate surface area is 101 Å². The van der Waals surface area contributed by atoms with Crippen LogP contribution in [0.1, 0.15) is 19.3 Å². The molecule has 106 valence electrons. The average Bonchev–Trinajstić information content (AvgIpc) is 2.40. The van der Waals surface area contributed by atoms with Crippen LogP contribution in [0.4, 0.5) is 22.0 Å². The van der Waals surface area contributed by atoms with E-state index in [0.29, 0.717) is 4.90 Å². The maximum Gasteiger partial charge on any atom is 0.401 e. The molecule has 0 aromatic carbocycles. The number of carboxylic acid groups (broad SMARTS) is 1. The first kappa shape index (κ1) is 15.1. The first-order valence-corrected chi connectivity index (χ1v) is 5.46. The van der Waals surface area contributed by atoms with Gasteiger partial charge in [0.2, 0.25) is 5.92 Å². The molecule has 0 radical (unpaired) electrons. The van der Waals surface area contributed by atoms with Crippen LogP contribution < -0.4 is 0 Å². The third kappa shape index (κ3) is 5.61. The van der Waals surface area contributed by atoms with Crippen LogP contribution in [0, 0.1) is 5.92 Å². The van der Waals surface area contributed by atoms with Gasteiger partial charge in [-0.1, -0.05) is 0 Å². The molecule has 1 saturated carbocycles. The summed E-state index contributed by atoms with van der Waals surface area (Å²) in [6, 6.07) is 0. The van der Waals surface area contributed by atoms with Crippen molar-refractivity contribution in [3.63, 3.8) is 0 Å². The summed E-state index contributed by atoms with van der Waals surface area (Å²) in [6.07, 6.45) is -5.22. The van der Waals surface area contributed by atoms with Crippen molar-refractivity contribution in [3.05, 3.63) is 0 Å². The zero-order chi connectivity index (χ0) is 14.0. The van der Waals surface area contributed by atoms with Crippen LogP contribution in [0.15, 0.2) is 0 Å². The summed E-state index contributed by atoms with van der Waals surface area (Å²) in [5.74, 6) is -4.82. The fraction of sp³-hybridized carbons (Fsp3) is 0.900. The third-order valence-corrected chi connectivity index (χ3v) is 2.78. The molecular formula is C10H14F5NO2. The quantitative estimate of drug-likeness (QED) is 0.783. The van der Waals surface area contributed by atoms with Gasteiger partial charge in [-0.25, -0.2) is 8.78 Å². The highest BCUT2D eigenvalue weighted by Crippen LogP contribution is 2.39. The molecule has 0 aliphatic heterocycles. The number of nitrogens with zero attached hydrogens (tertiary/aromatic N) is 1. The molecule has 0 bridgehead atoms. The number of carbonyl (C=O) groups is 1. The van der Waals surface area contributed by atoms with Crippen LogP contribution in [-0.4, -0.2) is 47.7 Å². The van der Waals surface area contributed by atoms with Crippen molar-refractivity contribution in [1.82, 2.24) is 4.90 Å². The van der Waals surface area contributed by atoms with Crippen molar-refractivity contribution in [2.24, 2.45) is 5.92 Å². The number of carboxylic acids is 1. The fourth-order valence-corrected chi connectivity index (χ4v) is 2.19. The zero-order valence-corrected chi connectivity index (χ0v) is 9.51. The Morgan fingerprint density at radius 2 is 2.00 bits per heavy atom. The van der Waals surface area contributed by atoms with Crippen LogP contribution in [-0.2, 0) is 4.79 Å². The van der Waals surface area contributed by atoms with Crippen molar-refractivity contribution in [3.8, 4) is 0 Å².